The molecule has 0 amide bonds. The van der Waals surface area contributed by atoms with Gasteiger partial charge in [-0.2, -0.15) is 5.10 Å². The first-order chi connectivity index (χ1) is 8.04. The lowest BCUT2D eigenvalue weighted by atomic mass is 10.1. The van der Waals surface area contributed by atoms with E-state index in [2.05, 4.69) is 15.2 Å². The fourth-order valence-corrected chi connectivity index (χ4v) is 1.98. The zero-order chi connectivity index (χ0) is 12.6. The normalized spacial score (nSPS) is 23.1. The number of alkyl halides is 2. The number of halogens is 2. The minimum Gasteiger partial charge on any atom is -0.465 e. The van der Waals surface area contributed by atoms with Gasteiger partial charge in [0.25, 0.3) is 6.43 Å². The van der Waals surface area contributed by atoms with E-state index in [-0.39, 0.29) is 18.0 Å². The molecule has 0 saturated heterocycles. The van der Waals surface area contributed by atoms with Crippen molar-refractivity contribution in [1.29, 1.82) is 0 Å². The van der Waals surface area contributed by atoms with E-state index in [1.165, 1.54) is 13.3 Å². The van der Waals surface area contributed by atoms with Crippen molar-refractivity contribution in [2.24, 2.45) is 0 Å². The Morgan fingerprint density at radius 1 is 1.71 bits per heavy atom. The zero-order valence-corrected chi connectivity index (χ0v) is 9.48. The smallest absolute Gasteiger partial charge is 0.343 e. The van der Waals surface area contributed by atoms with Crippen LogP contribution in [-0.4, -0.2) is 35.3 Å². The summed E-state index contributed by atoms with van der Waals surface area (Å²) in [6.07, 6.45) is -0.988. The molecule has 0 spiro atoms. The van der Waals surface area contributed by atoms with Gasteiger partial charge in [-0.1, -0.05) is 0 Å². The van der Waals surface area contributed by atoms with Crippen LogP contribution < -0.4 is 5.32 Å². The molecule has 1 aliphatic rings. The molecule has 1 aromatic heterocycles. The summed E-state index contributed by atoms with van der Waals surface area (Å²) in [5.41, 5.74) is 0.185. The first kappa shape index (κ1) is 11.8. The van der Waals surface area contributed by atoms with Crippen LogP contribution in [0.5, 0.6) is 0 Å². The number of hydrogen-bond acceptors (Lipinski definition) is 4. The van der Waals surface area contributed by atoms with Gasteiger partial charge in [-0.05, 0) is 13.3 Å². The van der Waals surface area contributed by atoms with Crippen molar-refractivity contribution in [1.82, 2.24) is 9.78 Å². The Balaban J connectivity index is 2.42. The average Bonchev–Trinajstić information content (AvgIpc) is 2.70. The number of hydrogen-bond donors (Lipinski definition) is 1. The number of nitrogens with zero attached hydrogens (tertiary/aromatic N) is 2. The fourth-order valence-electron chi connectivity index (χ4n) is 1.98. The summed E-state index contributed by atoms with van der Waals surface area (Å²) < 4.78 is 31.5. The summed E-state index contributed by atoms with van der Waals surface area (Å²) in [7, 11) is 1.24. The number of esters is 1. The Morgan fingerprint density at radius 3 is 3.00 bits per heavy atom. The number of methoxy groups -OCH3 is 1. The Morgan fingerprint density at radius 2 is 2.41 bits per heavy atom. The molecule has 2 atom stereocenters. The summed E-state index contributed by atoms with van der Waals surface area (Å²) >= 11 is 0. The molecule has 94 valence electrons. The maximum absolute atomic E-state index is 12.9. The lowest BCUT2D eigenvalue weighted by Crippen LogP contribution is -2.34. The average molecular weight is 245 g/mol. The molecule has 0 radical (unpaired) electrons. The molecular weight excluding hydrogens is 232 g/mol. The van der Waals surface area contributed by atoms with Crippen LogP contribution in [0.15, 0.2) is 6.20 Å². The molecule has 1 N–H and O–H groups in total. The van der Waals surface area contributed by atoms with Gasteiger partial charge in [0.1, 0.15) is 17.4 Å². The van der Waals surface area contributed by atoms with Crippen molar-refractivity contribution in [3.63, 3.8) is 0 Å². The van der Waals surface area contributed by atoms with Crippen molar-refractivity contribution < 1.29 is 18.3 Å². The molecular formula is C10H13F2N3O2. The van der Waals surface area contributed by atoms with E-state index in [1.807, 2.05) is 0 Å². The third kappa shape index (κ3) is 1.96. The number of anilines is 1. The topological polar surface area (TPSA) is 56.1 Å². The van der Waals surface area contributed by atoms with Gasteiger partial charge in [0.2, 0.25) is 0 Å². The SMILES string of the molecule is COC(=O)c1cnn2c1N[C@@H](C)C[C@H]2C(F)F. The van der Waals surface area contributed by atoms with Crippen molar-refractivity contribution in [2.75, 3.05) is 12.4 Å². The molecule has 1 aliphatic heterocycles. The largest absolute Gasteiger partial charge is 0.465 e. The van der Waals surface area contributed by atoms with Gasteiger partial charge < -0.3 is 10.1 Å². The number of carbonyl (C=O) groups is 1. The van der Waals surface area contributed by atoms with Gasteiger partial charge >= 0.3 is 5.97 Å². The molecule has 1 aromatic rings. The predicted octanol–water partition coefficient (Wildman–Crippen LogP) is 1.68. The monoisotopic (exact) mass is 245 g/mol. The van der Waals surface area contributed by atoms with Gasteiger partial charge in [-0.3, -0.25) is 0 Å². The van der Waals surface area contributed by atoms with Crippen LogP contribution in [0.2, 0.25) is 0 Å². The van der Waals surface area contributed by atoms with Gasteiger partial charge in [-0.15, -0.1) is 0 Å². The minimum absolute atomic E-state index is 0.137. The lowest BCUT2D eigenvalue weighted by molar-refractivity contribution is 0.0592. The molecule has 2 heterocycles. The van der Waals surface area contributed by atoms with Crippen molar-refractivity contribution in [3.05, 3.63) is 11.8 Å². The minimum atomic E-state index is -2.51. The zero-order valence-electron chi connectivity index (χ0n) is 9.48. The van der Waals surface area contributed by atoms with Crippen LogP contribution in [0.3, 0.4) is 0 Å². The predicted molar refractivity (Wildman–Crippen MR) is 56.3 cm³/mol. The number of fused-ring (bicyclic) bond motifs is 1. The number of rotatable bonds is 2. The summed E-state index contributed by atoms with van der Waals surface area (Å²) in [6.45, 7) is 1.78. The van der Waals surface area contributed by atoms with Crippen LogP contribution in [0, 0.1) is 0 Å². The fraction of sp³-hybridized carbons (Fsp3) is 0.600. The quantitative estimate of drug-likeness (QED) is 0.805. The van der Waals surface area contributed by atoms with Crippen LogP contribution in [-0.2, 0) is 4.74 Å². The Hall–Kier alpha value is -1.66. The lowest BCUT2D eigenvalue weighted by Gasteiger charge is -2.30. The van der Waals surface area contributed by atoms with E-state index < -0.39 is 18.4 Å². The molecule has 0 fully saturated rings. The second-order valence-electron chi connectivity index (χ2n) is 4.03. The highest BCUT2D eigenvalue weighted by atomic mass is 19.3. The highest BCUT2D eigenvalue weighted by molar-refractivity contribution is 5.94. The van der Waals surface area contributed by atoms with E-state index in [0.29, 0.717) is 5.82 Å². The van der Waals surface area contributed by atoms with Crippen LogP contribution in [0.4, 0.5) is 14.6 Å². The highest BCUT2D eigenvalue weighted by Gasteiger charge is 2.34. The Labute approximate surface area is 96.7 Å². The molecule has 0 aromatic carbocycles. The molecule has 0 unspecified atom stereocenters. The number of nitrogens with one attached hydrogen (secondary N) is 1. The van der Waals surface area contributed by atoms with Crippen molar-refractivity contribution >= 4 is 11.8 Å². The second kappa shape index (κ2) is 4.31. The summed E-state index contributed by atoms with van der Waals surface area (Å²) in [4.78, 5) is 11.4. The first-order valence-corrected chi connectivity index (χ1v) is 5.25. The van der Waals surface area contributed by atoms with Crippen LogP contribution >= 0.6 is 0 Å². The third-order valence-corrected chi connectivity index (χ3v) is 2.78. The highest BCUT2D eigenvalue weighted by Crippen LogP contribution is 2.33. The van der Waals surface area contributed by atoms with Crippen molar-refractivity contribution in [3.8, 4) is 0 Å². The van der Waals surface area contributed by atoms with Gasteiger partial charge in [-0.25, -0.2) is 18.3 Å². The first-order valence-electron chi connectivity index (χ1n) is 5.25. The molecule has 0 aliphatic carbocycles. The van der Waals surface area contributed by atoms with Crippen LogP contribution in [0.25, 0.3) is 0 Å². The van der Waals surface area contributed by atoms with Crippen LogP contribution in [0.1, 0.15) is 29.7 Å². The number of carbonyl (C=O) groups excluding carboxylic acids is 1. The molecule has 0 bridgehead atoms. The third-order valence-electron chi connectivity index (χ3n) is 2.78. The summed E-state index contributed by atoms with van der Waals surface area (Å²) in [6, 6.07) is -1.14. The van der Waals surface area contributed by atoms with Crippen molar-refractivity contribution in [2.45, 2.75) is 31.9 Å². The van der Waals surface area contributed by atoms with Gasteiger partial charge in [0.05, 0.1) is 13.3 Å². The number of aromatic nitrogens is 2. The molecule has 5 nitrogen and oxygen atoms in total. The molecule has 0 saturated carbocycles. The maximum Gasteiger partial charge on any atom is 0.343 e. The van der Waals surface area contributed by atoms with E-state index >= 15 is 0 Å². The Kier molecular flexibility index (Phi) is 2.99. The van der Waals surface area contributed by atoms with E-state index in [1.54, 1.807) is 6.92 Å². The summed E-state index contributed by atoms with van der Waals surface area (Å²) in [5.74, 6) is -0.276. The molecule has 2 rings (SSSR count). The molecule has 17 heavy (non-hydrogen) atoms. The summed E-state index contributed by atoms with van der Waals surface area (Å²) in [5, 5.41) is 6.81. The van der Waals surface area contributed by atoms with Gasteiger partial charge in [0, 0.05) is 6.04 Å². The molecule has 7 heteroatoms. The van der Waals surface area contributed by atoms with E-state index in [9.17, 15) is 13.6 Å². The van der Waals surface area contributed by atoms with E-state index in [4.69, 9.17) is 0 Å². The van der Waals surface area contributed by atoms with Gasteiger partial charge in [0.15, 0.2) is 0 Å². The second-order valence-corrected chi connectivity index (χ2v) is 4.03. The standard InChI is InChI=1S/C10H13F2N3O2/c1-5-3-7(8(11)12)15-9(14-5)6(4-13-15)10(16)17-2/h4-5,7-8,14H,3H2,1-2H3/t5-,7-/m0/s1. The maximum atomic E-state index is 12.9. The Bertz CT molecular complexity index is 433. The van der Waals surface area contributed by atoms with E-state index in [0.717, 1.165) is 4.68 Å². The number of ether oxygens (including phenoxy) is 1.